The van der Waals surface area contributed by atoms with Gasteiger partial charge in [-0.3, -0.25) is 0 Å². The minimum absolute atomic E-state index is 0. The highest BCUT2D eigenvalue weighted by molar-refractivity contribution is 6.30. The Hall–Kier alpha value is -1.16. The second-order valence-electron chi connectivity index (χ2n) is 6.01. The number of pyridine rings is 1. The van der Waals surface area contributed by atoms with Crippen molar-refractivity contribution >= 4 is 24.0 Å². The lowest BCUT2D eigenvalue weighted by Crippen LogP contribution is -2.21. The van der Waals surface area contributed by atoms with Crippen LogP contribution in [0.15, 0.2) is 36.5 Å². The standard InChI is InChI=1S/C17H16ClFN2.ClH/c18-12-3-1-2-10(6-12)15-7-11(9-20-17(15)19)14-8-13-4-5-16(14)21-13;/h1-3,6-7,9,13-14,16,21H,4-5,8H2;1H/t13-,14+,16+;/m0./s1. The number of fused-ring (bicyclic) bond motifs is 2. The van der Waals surface area contributed by atoms with E-state index < -0.39 is 5.95 Å². The number of halogens is 3. The molecule has 0 saturated carbocycles. The van der Waals surface area contributed by atoms with Crippen LogP contribution in [0, 0.1) is 5.95 Å². The van der Waals surface area contributed by atoms with Crippen LogP contribution in [0.1, 0.15) is 30.7 Å². The van der Waals surface area contributed by atoms with E-state index in [1.807, 2.05) is 18.2 Å². The summed E-state index contributed by atoms with van der Waals surface area (Å²) in [6, 6.07) is 10.4. The first-order chi connectivity index (χ1) is 10.2. The molecule has 0 unspecified atom stereocenters. The molecule has 5 heteroatoms. The number of nitrogens with zero attached hydrogens (tertiary/aromatic N) is 1. The number of hydrogen-bond acceptors (Lipinski definition) is 2. The van der Waals surface area contributed by atoms with Gasteiger partial charge in [-0.05, 0) is 48.6 Å². The first-order valence-electron chi connectivity index (χ1n) is 7.38. The highest BCUT2D eigenvalue weighted by Gasteiger charge is 2.39. The lowest BCUT2D eigenvalue weighted by Gasteiger charge is -2.20. The molecule has 2 aliphatic rings. The molecule has 3 heterocycles. The van der Waals surface area contributed by atoms with Gasteiger partial charge in [0.2, 0.25) is 5.95 Å². The second-order valence-corrected chi connectivity index (χ2v) is 6.44. The van der Waals surface area contributed by atoms with Crippen LogP contribution in [0.2, 0.25) is 5.02 Å². The Morgan fingerprint density at radius 2 is 2.09 bits per heavy atom. The fraction of sp³-hybridized carbons (Fsp3) is 0.353. The minimum Gasteiger partial charge on any atom is -0.311 e. The molecule has 22 heavy (non-hydrogen) atoms. The zero-order chi connectivity index (χ0) is 14.4. The van der Waals surface area contributed by atoms with E-state index in [9.17, 15) is 4.39 Å². The smallest absolute Gasteiger partial charge is 0.220 e. The molecule has 2 nitrogen and oxygen atoms in total. The highest BCUT2D eigenvalue weighted by atomic mass is 35.5. The fourth-order valence-electron chi connectivity index (χ4n) is 3.72. The maximum Gasteiger partial charge on any atom is 0.220 e. The van der Waals surface area contributed by atoms with Gasteiger partial charge in [-0.25, -0.2) is 4.98 Å². The average Bonchev–Trinajstić information content (AvgIpc) is 3.10. The number of rotatable bonds is 2. The van der Waals surface area contributed by atoms with E-state index in [0.717, 1.165) is 17.5 Å². The van der Waals surface area contributed by atoms with E-state index in [1.54, 1.807) is 18.3 Å². The van der Waals surface area contributed by atoms with E-state index in [1.165, 1.54) is 12.8 Å². The van der Waals surface area contributed by atoms with Gasteiger partial charge in [0.25, 0.3) is 0 Å². The Kier molecular flexibility index (Phi) is 4.40. The van der Waals surface area contributed by atoms with E-state index in [2.05, 4.69) is 10.3 Å². The predicted molar refractivity (Wildman–Crippen MR) is 89.2 cm³/mol. The number of hydrogen-bond donors (Lipinski definition) is 1. The predicted octanol–water partition coefficient (Wildman–Crippen LogP) is 4.57. The van der Waals surface area contributed by atoms with Crippen molar-refractivity contribution in [1.82, 2.24) is 10.3 Å². The Labute approximate surface area is 140 Å². The van der Waals surface area contributed by atoms with Crippen molar-refractivity contribution in [3.8, 4) is 11.1 Å². The van der Waals surface area contributed by atoms with Crippen molar-refractivity contribution in [1.29, 1.82) is 0 Å². The molecule has 2 fully saturated rings. The van der Waals surface area contributed by atoms with Crippen LogP contribution in [0.5, 0.6) is 0 Å². The molecule has 1 aromatic heterocycles. The van der Waals surface area contributed by atoms with Gasteiger partial charge in [0.05, 0.1) is 0 Å². The van der Waals surface area contributed by atoms with Gasteiger partial charge < -0.3 is 5.32 Å². The van der Waals surface area contributed by atoms with Gasteiger partial charge in [-0.2, -0.15) is 4.39 Å². The van der Waals surface area contributed by atoms with Gasteiger partial charge in [-0.15, -0.1) is 12.4 Å². The molecule has 2 bridgehead atoms. The van der Waals surface area contributed by atoms with Crippen LogP contribution in [0.4, 0.5) is 4.39 Å². The topological polar surface area (TPSA) is 24.9 Å². The number of aromatic nitrogens is 1. The molecule has 1 aromatic carbocycles. The molecule has 0 aliphatic carbocycles. The quantitative estimate of drug-likeness (QED) is 0.811. The van der Waals surface area contributed by atoms with Gasteiger partial charge in [0, 0.05) is 34.8 Å². The maximum atomic E-state index is 14.1. The normalized spacial score (nSPS) is 26.0. The summed E-state index contributed by atoms with van der Waals surface area (Å²) >= 11 is 6.01. The number of benzene rings is 1. The first kappa shape index (κ1) is 15.7. The van der Waals surface area contributed by atoms with Crippen LogP contribution in [-0.4, -0.2) is 17.1 Å². The van der Waals surface area contributed by atoms with Crippen LogP contribution >= 0.6 is 24.0 Å². The summed E-state index contributed by atoms with van der Waals surface area (Å²) in [5, 5.41) is 4.23. The third kappa shape index (κ3) is 2.73. The minimum atomic E-state index is -0.433. The highest BCUT2D eigenvalue weighted by Crippen LogP contribution is 2.40. The van der Waals surface area contributed by atoms with Crippen LogP contribution < -0.4 is 5.32 Å². The molecule has 1 N–H and O–H groups in total. The monoisotopic (exact) mass is 338 g/mol. The molecular weight excluding hydrogens is 322 g/mol. The molecule has 0 spiro atoms. The van der Waals surface area contributed by atoms with Gasteiger partial charge in [-0.1, -0.05) is 23.7 Å². The number of nitrogens with one attached hydrogen (secondary N) is 1. The zero-order valence-corrected chi connectivity index (χ0v) is 13.5. The fourth-order valence-corrected chi connectivity index (χ4v) is 3.91. The van der Waals surface area contributed by atoms with Crippen molar-refractivity contribution in [2.75, 3.05) is 0 Å². The van der Waals surface area contributed by atoms with E-state index >= 15 is 0 Å². The molecule has 2 saturated heterocycles. The third-order valence-corrected chi connectivity index (χ3v) is 4.96. The van der Waals surface area contributed by atoms with Gasteiger partial charge in [0.15, 0.2) is 0 Å². The summed E-state index contributed by atoms with van der Waals surface area (Å²) in [6.07, 6.45) is 5.29. The Bertz CT molecular complexity index is 692. The van der Waals surface area contributed by atoms with Crippen LogP contribution in [0.25, 0.3) is 11.1 Å². The average molecular weight is 339 g/mol. The van der Waals surface area contributed by atoms with Crippen molar-refractivity contribution in [3.05, 3.63) is 53.1 Å². The van der Waals surface area contributed by atoms with E-state index in [-0.39, 0.29) is 12.4 Å². The molecule has 4 rings (SSSR count). The van der Waals surface area contributed by atoms with E-state index in [4.69, 9.17) is 11.6 Å². The Morgan fingerprint density at radius 3 is 2.77 bits per heavy atom. The van der Waals surface area contributed by atoms with Crippen molar-refractivity contribution in [2.24, 2.45) is 0 Å². The van der Waals surface area contributed by atoms with Crippen molar-refractivity contribution in [3.63, 3.8) is 0 Å². The second kappa shape index (κ2) is 6.15. The molecule has 3 atom stereocenters. The Balaban J connectivity index is 0.00000144. The van der Waals surface area contributed by atoms with Gasteiger partial charge >= 0.3 is 0 Å². The third-order valence-electron chi connectivity index (χ3n) is 4.72. The molecule has 2 aliphatic heterocycles. The van der Waals surface area contributed by atoms with Crippen molar-refractivity contribution < 1.29 is 4.39 Å². The summed E-state index contributed by atoms with van der Waals surface area (Å²) in [5.41, 5.74) is 2.45. The molecule has 116 valence electrons. The molecule has 0 radical (unpaired) electrons. The largest absolute Gasteiger partial charge is 0.311 e. The SMILES string of the molecule is Cl.Fc1ncc([C@H]2C[C@@H]3CC[C@H]2N3)cc1-c1cccc(Cl)c1. The molecule has 0 amide bonds. The summed E-state index contributed by atoms with van der Waals surface area (Å²) in [4.78, 5) is 3.98. The molecular formula is C17H17Cl2FN2. The molecule has 2 aromatic rings. The summed E-state index contributed by atoms with van der Waals surface area (Å²) in [5.74, 6) is 0.0203. The lowest BCUT2D eigenvalue weighted by molar-refractivity contribution is 0.502. The lowest BCUT2D eigenvalue weighted by atomic mass is 9.84. The van der Waals surface area contributed by atoms with Gasteiger partial charge in [0.1, 0.15) is 0 Å². The van der Waals surface area contributed by atoms with Crippen molar-refractivity contribution in [2.45, 2.75) is 37.3 Å². The summed E-state index contributed by atoms with van der Waals surface area (Å²) in [6.45, 7) is 0. The Morgan fingerprint density at radius 1 is 1.23 bits per heavy atom. The van der Waals surface area contributed by atoms with E-state index in [0.29, 0.717) is 28.6 Å². The zero-order valence-electron chi connectivity index (χ0n) is 11.9. The summed E-state index contributed by atoms with van der Waals surface area (Å²) in [7, 11) is 0. The van der Waals surface area contributed by atoms with Crippen LogP contribution in [0.3, 0.4) is 0 Å². The first-order valence-corrected chi connectivity index (χ1v) is 7.76. The summed E-state index contributed by atoms with van der Waals surface area (Å²) < 4.78 is 14.1. The maximum absolute atomic E-state index is 14.1. The van der Waals surface area contributed by atoms with Crippen LogP contribution in [-0.2, 0) is 0 Å².